The minimum atomic E-state index is -2.35. The zero-order valence-electron chi connectivity index (χ0n) is 20.8. The average Bonchev–Trinajstić information content (AvgIpc) is 2.91. The fraction of sp³-hybridized carbons (Fsp3) is 0.696. The topological polar surface area (TPSA) is 90.9 Å². The van der Waals surface area contributed by atoms with Gasteiger partial charge in [0, 0.05) is 0 Å². The molecule has 220 valence electrons. The number of benzene rings is 1. The van der Waals surface area contributed by atoms with E-state index in [1.54, 1.807) is 0 Å². The molecule has 0 fully saturated rings. The molecule has 1 aromatic carbocycles. The molecule has 0 aliphatic carbocycles. The number of rotatable bonds is 24. The van der Waals surface area contributed by atoms with Crippen molar-refractivity contribution < 1.29 is 69.0 Å². The normalized spacial score (nSPS) is 11.3. The van der Waals surface area contributed by atoms with Crippen LogP contribution in [-0.4, -0.2) is 105 Å². The van der Waals surface area contributed by atoms with Gasteiger partial charge in [-0.25, -0.2) is 17.6 Å². The van der Waals surface area contributed by atoms with Crippen LogP contribution in [-0.2, 0) is 38.0 Å². The maximum absolute atomic E-state index is 13.5. The van der Waals surface area contributed by atoms with Crippen LogP contribution in [0.15, 0.2) is 0 Å². The number of carbonyl (C=O) groups excluding carboxylic acids is 1. The molecule has 0 atom stereocenters. The Hall–Kier alpha value is -2.01. The first kappa shape index (κ1) is 34.0. The molecule has 0 bridgehead atoms. The van der Waals surface area contributed by atoms with Gasteiger partial charge in [0.05, 0.1) is 98.9 Å². The highest BCUT2D eigenvalue weighted by molar-refractivity contribution is 5.72. The molecular weight excluding hydrogens is 534 g/mol. The van der Waals surface area contributed by atoms with Gasteiger partial charge in [0.25, 0.3) is 0 Å². The number of halogens is 6. The van der Waals surface area contributed by atoms with Gasteiger partial charge in [-0.05, 0) is 0 Å². The lowest BCUT2D eigenvalue weighted by molar-refractivity contribution is -0.136. The molecule has 15 heteroatoms. The monoisotopic (exact) mass is 566 g/mol. The molecule has 0 aliphatic rings. The second-order valence-electron chi connectivity index (χ2n) is 7.10. The molecule has 0 aromatic heterocycles. The molecule has 0 aliphatic heterocycles. The number of carbonyl (C=O) groups is 1. The van der Waals surface area contributed by atoms with E-state index in [1.807, 2.05) is 0 Å². The van der Waals surface area contributed by atoms with E-state index < -0.39 is 53.9 Å². The van der Waals surface area contributed by atoms with Crippen molar-refractivity contribution in [1.82, 2.24) is 0 Å². The number of ether oxygens (including phenoxy) is 8. The van der Waals surface area contributed by atoms with Crippen molar-refractivity contribution in [2.24, 2.45) is 0 Å². The lowest BCUT2D eigenvalue weighted by Gasteiger charge is -2.09. The minimum absolute atomic E-state index is 0.0710. The summed E-state index contributed by atoms with van der Waals surface area (Å²) >= 11 is 0. The molecule has 0 radical (unpaired) electrons. The molecule has 0 saturated carbocycles. The van der Waals surface area contributed by atoms with E-state index in [0.717, 1.165) is 0 Å². The largest absolute Gasteiger partial charge is 0.420 e. The smallest absolute Gasteiger partial charge is 0.313 e. The number of hydrogen-bond donors (Lipinski definition) is 0. The molecule has 0 spiro atoms. The molecule has 0 unspecified atom stereocenters. The Bertz CT molecular complexity index is 759. The first-order chi connectivity index (χ1) is 18.4. The Morgan fingerprint density at radius 2 is 0.737 bits per heavy atom. The highest BCUT2D eigenvalue weighted by Gasteiger charge is 2.28. The molecule has 0 N–H and O–H groups in total. The van der Waals surface area contributed by atoms with Gasteiger partial charge >= 0.3 is 5.97 Å². The van der Waals surface area contributed by atoms with Crippen molar-refractivity contribution in [2.75, 3.05) is 99.2 Å². The van der Waals surface area contributed by atoms with Crippen LogP contribution in [0.1, 0.15) is 6.42 Å². The van der Waals surface area contributed by atoms with Crippen molar-refractivity contribution >= 4 is 5.97 Å². The minimum Gasteiger partial charge on any atom is -0.420 e. The van der Waals surface area contributed by atoms with Gasteiger partial charge < -0.3 is 37.9 Å². The lowest BCUT2D eigenvalue weighted by Crippen LogP contribution is -2.16. The summed E-state index contributed by atoms with van der Waals surface area (Å²) in [7, 11) is 0. The van der Waals surface area contributed by atoms with Gasteiger partial charge in [0.2, 0.25) is 34.8 Å². The standard InChI is InChI=1S/C23H32F6O9/c24-2-4-32-6-8-34-10-12-36-14-16-37-15-13-35-11-9-33-7-5-31-3-1-17(30)38-23-21(28)19(26)18(25)20(27)22(23)29/h1-16H2. The molecule has 0 heterocycles. The van der Waals surface area contributed by atoms with Crippen LogP contribution < -0.4 is 4.74 Å². The maximum atomic E-state index is 13.5. The summed E-state index contributed by atoms with van der Waals surface area (Å²) in [6.07, 6.45) is -0.487. The van der Waals surface area contributed by atoms with Crippen molar-refractivity contribution in [3.05, 3.63) is 29.1 Å². The summed E-state index contributed by atoms with van der Waals surface area (Å²) in [5.74, 6) is -14.1. The third-order valence-corrected chi connectivity index (χ3v) is 4.29. The van der Waals surface area contributed by atoms with Crippen molar-refractivity contribution in [2.45, 2.75) is 6.42 Å². The maximum Gasteiger partial charge on any atom is 0.313 e. The molecule has 1 rings (SSSR count). The quantitative estimate of drug-likeness (QED) is 0.0468. The highest BCUT2D eigenvalue weighted by Crippen LogP contribution is 2.29. The van der Waals surface area contributed by atoms with Crippen LogP contribution in [0.4, 0.5) is 26.3 Å². The SMILES string of the molecule is O=C(CCOCCOCCOCCOCCOCCOCCOCCF)Oc1c(F)c(F)c(F)c(F)c1F. The zero-order valence-corrected chi connectivity index (χ0v) is 20.8. The molecular formula is C23H32F6O9. The van der Waals surface area contributed by atoms with Gasteiger partial charge in [0.15, 0.2) is 0 Å². The van der Waals surface area contributed by atoms with Crippen molar-refractivity contribution in [3.8, 4) is 5.75 Å². The predicted octanol–water partition coefficient (Wildman–Crippen LogP) is 2.76. The predicted molar refractivity (Wildman–Crippen MR) is 118 cm³/mol. The fourth-order valence-electron chi connectivity index (χ4n) is 2.47. The van der Waals surface area contributed by atoms with Gasteiger partial charge in [-0.1, -0.05) is 0 Å². The van der Waals surface area contributed by atoms with Gasteiger partial charge in [-0.2, -0.15) is 8.78 Å². The van der Waals surface area contributed by atoms with Gasteiger partial charge in [0.1, 0.15) is 6.67 Å². The van der Waals surface area contributed by atoms with E-state index in [2.05, 4.69) is 4.74 Å². The van der Waals surface area contributed by atoms with Gasteiger partial charge in [-0.15, -0.1) is 0 Å². The van der Waals surface area contributed by atoms with E-state index in [0.29, 0.717) is 59.5 Å². The molecule has 38 heavy (non-hydrogen) atoms. The van der Waals surface area contributed by atoms with Crippen LogP contribution in [0, 0.1) is 29.1 Å². The molecule has 1 aromatic rings. The molecule has 9 nitrogen and oxygen atoms in total. The van der Waals surface area contributed by atoms with E-state index in [4.69, 9.17) is 33.2 Å². The summed E-state index contributed by atoms with van der Waals surface area (Å²) < 4.78 is 119. The summed E-state index contributed by atoms with van der Waals surface area (Å²) in [5, 5.41) is 0. The second-order valence-corrected chi connectivity index (χ2v) is 7.10. The summed E-state index contributed by atoms with van der Waals surface area (Å²) in [5.41, 5.74) is 0. The van der Waals surface area contributed by atoms with Crippen LogP contribution in [0.2, 0.25) is 0 Å². The van der Waals surface area contributed by atoms with E-state index in [9.17, 15) is 31.1 Å². The fourth-order valence-corrected chi connectivity index (χ4v) is 2.47. The first-order valence-corrected chi connectivity index (χ1v) is 11.7. The Morgan fingerprint density at radius 3 is 1.08 bits per heavy atom. The Morgan fingerprint density at radius 1 is 0.447 bits per heavy atom. The van der Waals surface area contributed by atoms with Crippen LogP contribution in [0.5, 0.6) is 5.75 Å². The van der Waals surface area contributed by atoms with Crippen LogP contribution in [0.25, 0.3) is 0 Å². The first-order valence-electron chi connectivity index (χ1n) is 11.7. The van der Waals surface area contributed by atoms with E-state index in [1.165, 1.54) is 0 Å². The molecule has 0 saturated heterocycles. The molecule has 0 amide bonds. The number of alkyl halides is 1. The average molecular weight is 566 g/mol. The van der Waals surface area contributed by atoms with E-state index >= 15 is 0 Å². The summed E-state index contributed by atoms with van der Waals surface area (Å²) in [4.78, 5) is 11.6. The summed E-state index contributed by atoms with van der Waals surface area (Å²) in [6, 6.07) is 0. The van der Waals surface area contributed by atoms with Crippen LogP contribution >= 0.6 is 0 Å². The second kappa shape index (κ2) is 21.9. The van der Waals surface area contributed by atoms with Crippen molar-refractivity contribution in [3.63, 3.8) is 0 Å². The number of esters is 1. The zero-order chi connectivity index (χ0) is 28.0. The third-order valence-electron chi connectivity index (χ3n) is 4.29. The van der Waals surface area contributed by atoms with Gasteiger partial charge in [-0.3, -0.25) is 4.79 Å². The Balaban J connectivity index is 1.88. The van der Waals surface area contributed by atoms with E-state index in [-0.39, 0.29) is 33.0 Å². The summed E-state index contributed by atoms with van der Waals surface area (Å²) in [6.45, 7) is 3.22. The highest BCUT2D eigenvalue weighted by atomic mass is 19.2. The third kappa shape index (κ3) is 14.8. The Kier molecular flexibility index (Phi) is 19.6. The lowest BCUT2D eigenvalue weighted by atomic mass is 10.2. The van der Waals surface area contributed by atoms with Crippen LogP contribution in [0.3, 0.4) is 0 Å². The number of hydrogen-bond acceptors (Lipinski definition) is 9. The van der Waals surface area contributed by atoms with Crippen molar-refractivity contribution in [1.29, 1.82) is 0 Å². The Labute approximate surface area is 216 Å².